The molecule has 1 N–H and O–H groups in total. The van der Waals surface area contributed by atoms with Crippen molar-refractivity contribution in [3.8, 4) is 0 Å². The predicted molar refractivity (Wildman–Crippen MR) is 61.2 cm³/mol. The van der Waals surface area contributed by atoms with Crippen molar-refractivity contribution in [2.45, 2.75) is 12.8 Å². The number of halogens is 1. The van der Waals surface area contributed by atoms with Crippen molar-refractivity contribution in [2.75, 3.05) is 6.61 Å². The molecule has 1 aromatic heterocycles. The summed E-state index contributed by atoms with van der Waals surface area (Å²) in [6, 6.07) is 5.97. The SMILES string of the molecule is CC(CO)c1ccc2c(c1)c(Cl)nn2C. The number of benzene rings is 1. The Balaban J connectivity index is 2.60. The molecule has 0 fully saturated rings. The average Bonchev–Trinajstić information content (AvgIpc) is 2.53. The topological polar surface area (TPSA) is 38.1 Å². The van der Waals surface area contributed by atoms with E-state index in [1.807, 2.05) is 32.2 Å². The average molecular weight is 225 g/mol. The maximum Gasteiger partial charge on any atom is 0.158 e. The van der Waals surface area contributed by atoms with E-state index in [2.05, 4.69) is 5.10 Å². The van der Waals surface area contributed by atoms with E-state index in [4.69, 9.17) is 16.7 Å². The molecule has 3 nitrogen and oxygen atoms in total. The first-order chi connectivity index (χ1) is 7.13. The molecule has 0 saturated carbocycles. The number of hydrogen-bond donors (Lipinski definition) is 1. The Hall–Kier alpha value is -1.06. The molecule has 15 heavy (non-hydrogen) atoms. The van der Waals surface area contributed by atoms with Gasteiger partial charge in [-0.3, -0.25) is 4.68 Å². The fraction of sp³-hybridized carbons (Fsp3) is 0.364. The second-order valence-electron chi connectivity index (χ2n) is 3.77. The first kappa shape index (κ1) is 10.5. The van der Waals surface area contributed by atoms with Crippen LogP contribution in [0.15, 0.2) is 18.2 Å². The minimum absolute atomic E-state index is 0.130. The van der Waals surface area contributed by atoms with Gasteiger partial charge in [0.05, 0.1) is 5.52 Å². The lowest BCUT2D eigenvalue weighted by molar-refractivity contribution is 0.273. The van der Waals surface area contributed by atoms with Crippen molar-refractivity contribution in [3.05, 3.63) is 28.9 Å². The van der Waals surface area contributed by atoms with Crippen LogP contribution >= 0.6 is 11.6 Å². The standard InChI is InChI=1S/C11H13ClN2O/c1-7(6-15)8-3-4-10-9(5-8)11(12)13-14(10)2/h3-5,7,15H,6H2,1-2H3. The summed E-state index contributed by atoms with van der Waals surface area (Å²) in [5, 5.41) is 14.7. The van der Waals surface area contributed by atoms with Crippen LogP contribution in [0.4, 0.5) is 0 Å². The van der Waals surface area contributed by atoms with Gasteiger partial charge in [-0.2, -0.15) is 5.10 Å². The zero-order valence-corrected chi connectivity index (χ0v) is 9.49. The molecule has 80 valence electrons. The van der Waals surface area contributed by atoms with Gasteiger partial charge in [0.2, 0.25) is 0 Å². The van der Waals surface area contributed by atoms with Gasteiger partial charge in [-0.05, 0) is 17.7 Å². The van der Waals surface area contributed by atoms with Gasteiger partial charge in [0.25, 0.3) is 0 Å². The molecule has 2 rings (SSSR count). The number of hydrogen-bond acceptors (Lipinski definition) is 2. The van der Waals surface area contributed by atoms with E-state index in [0.717, 1.165) is 16.5 Å². The van der Waals surface area contributed by atoms with E-state index in [9.17, 15) is 0 Å². The van der Waals surface area contributed by atoms with Crippen LogP contribution in [0.25, 0.3) is 10.9 Å². The lowest BCUT2D eigenvalue weighted by Gasteiger charge is -2.07. The van der Waals surface area contributed by atoms with Crippen LogP contribution < -0.4 is 0 Å². The summed E-state index contributed by atoms with van der Waals surface area (Å²) in [6.45, 7) is 2.12. The van der Waals surface area contributed by atoms with Gasteiger partial charge in [-0.25, -0.2) is 0 Å². The Morgan fingerprint density at radius 1 is 1.53 bits per heavy atom. The number of aryl methyl sites for hydroxylation is 1. The Morgan fingerprint density at radius 3 is 2.93 bits per heavy atom. The van der Waals surface area contributed by atoms with Crippen molar-refractivity contribution in [3.63, 3.8) is 0 Å². The van der Waals surface area contributed by atoms with Gasteiger partial charge in [-0.1, -0.05) is 24.6 Å². The molecule has 1 atom stereocenters. The summed E-state index contributed by atoms with van der Waals surface area (Å²) in [5.74, 6) is 0.130. The van der Waals surface area contributed by atoms with Crippen molar-refractivity contribution in [1.29, 1.82) is 0 Å². The smallest absolute Gasteiger partial charge is 0.158 e. The largest absolute Gasteiger partial charge is 0.396 e. The summed E-state index contributed by atoms with van der Waals surface area (Å²) in [5.41, 5.74) is 2.09. The van der Waals surface area contributed by atoms with Gasteiger partial charge in [0.1, 0.15) is 0 Å². The second kappa shape index (κ2) is 3.83. The van der Waals surface area contributed by atoms with E-state index in [-0.39, 0.29) is 12.5 Å². The fourth-order valence-corrected chi connectivity index (χ4v) is 1.92. The minimum atomic E-state index is 0.130. The summed E-state index contributed by atoms with van der Waals surface area (Å²) < 4.78 is 1.76. The van der Waals surface area contributed by atoms with E-state index in [1.165, 1.54) is 0 Å². The van der Waals surface area contributed by atoms with Crippen LogP contribution in [0.1, 0.15) is 18.4 Å². The zero-order chi connectivity index (χ0) is 11.0. The molecule has 0 radical (unpaired) electrons. The maximum atomic E-state index is 9.08. The number of aromatic nitrogens is 2. The molecule has 0 bridgehead atoms. The molecule has 1 aromatic carbocycles. The minimum Gasteiger partial charge on any atom is -0.396 e. The molecule has 0 spiro atoms. The lowest BCUT2D eigenvalue weighted by Crippen LogP contribution is -1.98. The highest BCUT2D eigenvalue weighted by molar-refractivity contribution is 6.34. The van der Waals surface area contributed by atoms with E-state index in [0.29, 0.717) is 5.15 Å². The number of aliphatic hydroxyl groups is 1. The summed E-state index contributed by atoms with van der Waals surface area (Å²) in [4.78, 5) is 0. The van der Waals surface area contributed by atoms with Gasteiger partial charge in [0, 0.05) is 25.0 Å². The van der Waals surface area contributed by atoms with Crippen molar-refractivity contribution >= 4 is 22.5 Å². The second-order valence-corrected chi connectivity index (χ2v) is 4.13. The zero-order valence-electron chi connectivity index (χ0n) is 8.74. The Labute approximate surface area is 93.3 Å². The first-order valence-corrected chi connectivity index (χ1v) is 5.24. The first-order valence-electron chi connectivity index (χ1n) is 4.86. The number of fused-ring (bicyclic) bond motifs is 1. The Bertz CT molecular complexity index is 493. The van der Waals surface area contributed by atoms with Crippen LogP contribution in [0, 0.1) is 0 Å². The molecule has 1 unspecified atom stereocenters. The third-order valence-corrected chi connectivity index (χ3v) is 2.95. The molecular formula is C11H13ClN2O. The molecule has 0 aliphatic rings. The summed E-state index contributed by atoms with van der Waals surface area (Å²) >= 11 is 6.00. The van der Waals surface area contributed by atoms with E-state index in [1.54, 1.807) is 4.68 Å². The lowest BCUT2D eigenvalue weighted by atomic mass is 10.0. The third-order valence-electron chi connectivity index (χ3n) is 2.67. The van der Waals surface area contributed by atoms with Crippen LogP contribution in [-0.4, -0.2) is 21.5 Å². The Morgan fingerprint density at radius 2 is 2.27 bits per heavy atom. The number of nitrogens with zero attached hydrogens (tertiary/aromatic N) is 2. The van der Waals surface area contributed by atoms with E-state index >= 15 is 0 Å². The molecular weight excluding hydrogens is 212 g/mol. The van der Waals surface area contributed by atoms with Gasteiger partial charge in [-0.15, -0.1) is 0 Å². The van der Waals surface area contributed by atoms with E-state index < -0.39 is 0 Å². The number of rotatable bonds is 2. The summed E-state index contributed by atoms with van der Waals surface area (Å²) in [6.07, 6.45) is 0. The maximum absolute atomic E-state index is 9.08. The highest BCUT2D eigenvalue weighted by Crippen LogP contribution is 2.26. The quantitative estimate of drug-likeness (QED) is 0.850. The van der Waals surface area contributed by atoms with Crippen LogP contribution in [0.2, 0.25) is 5.15 Å². The fourth-order valence-electron chi connectivity index (χ4n) is 1.65. The molecule has 0 aliphatic heterocycles. The van der Waals surface area contributed by atoms with Gasteiger partial charge in [0.15, 0.2) is 5.15 Å². The monoisotopic (exact) mass is 224 g/mol. The molecule has 1 heterocycles. The van der Waals surface area contributed by atoms with Crippen LogP contribution in [0.3, 0.4) is 0 Å². The van der Waals surface area contributed by atoms with Crippen molar-refractivity contribution in [2.24, 2.45) is 7.05 Å². The predicted octanol–water partition coefficient (Wildman–Crippen LogP) is 2.32. The summed E-state index contributed by atoms with van der Waals surface area (Å²) in [7, 11) is 1.86. The van der Waals surface area contributed by atoms with Gasteiger partial charge < -0.3 is 5.11 Å². The third kappa shape index (κ3) is 1.73. The van der Waals surface area contributed by atoms with Crippen molar-refractivity contribution < 1.29 is 5.11 Å². The Kier molecular flexibility index (Phi) is 2.67. The molecule has 0 amide bonds. The number of aliphatic hydroxyl groups excluding tert-OH is 1. The van der Waals surface area contributed by atoms with Gasteiger partial charge >= 0.3 is 0 Å². The molecule has 4 heteroatoms. The highest BCUT2D eigenvalue weighted by Gasteiger charge is 2.09. The highest BCUT2D eigenvalue weighted by atomic mass is 35.5. The normalized spacial score (nSPS) is 13.3. The molecule has 0 saturated heterocycles. The molecule has 0 aliphatic carbocycles. The van der Waals surface area contributed by atoms with Crippen LogP contribution in [0.5, 0.6) is 0 Å². The van der Waals surface area contributed by atoms with Crippen molar-refractivity contribution in [1.82, 2.24) is 9.78 Å². The van der Waals surface area contributed by atoms with Crippen LogP contribution in [-0.2, 0) is 7.05 Å². The molecule has 2 aromatic rings.